The van der Waals surface area contributed by atoms with E-state index in [2.05, 4.69) is 0 Å². The van der Waals surface area contributed by atoms with Crippen LogP contribution >= 0.6 is 0 Å². The lowest BCUT2D eigenvalue weighted by atomic mass is 9.94. The summed E-state index contributed by atoms with van der Waals surface area (Å²) in [5.74, 6) is -1.30. The van der Waals surface area contributed by atoms with Crippen LogP contribution in [0.25, 0.3) is 5.76 Å². The van der Waals surface area contributed by atoms with Gasteiger partial charge in [-0.3, -0.25) is 14.5 Å². The van der Waals surface area contributed by atoms with Crippen molar-refractivity contribution in [2.24, 2.45) is 0 Å². The lowest BCUT2D eigenvalue weighted by Crippen LogP contribution is -2.29. The van der Waals surface area contributed by atoms with E-state index in [0.717, 1.165) is 6.07 Å². The number of hydrogen-bond acceptors (Lipinski definition) is 7. The SMILES string of the molecule is COc1ccc(C2/C(=C(\O)c3cc(F)ccc3OC)C(=O)C(=O)N2c2ccc3c(c2)OCCO3)cc1. The lowest BCUT2D eigenvalue weighted by molar-refractivity contribution is -0.132. The Labute approximate surface area is 206 Å². The van der Waals surface area contributed by atoms with Crippen LogP contribution < -0.4 is 23.8 Å². The minimum absolute atomic E-state index is 0.0452. The fraction of sp³-hybridized carbons (Fsp3) is 0.185. The maximum atomic E-state index is 14.1. The molecule has 1 amide bonds. The molecule has 3 aromatic rings. The van der Waals surface area contributed by atoms with E-state index in [1.54, 1.807) is 42.5 Å². The highest BCUT2D eigenvalue weighted by atomic mass is 19.1. The number of anilines is 1. The highest BCUT2D eigenvalue weighted by molar-refractivity contribution is 6.51. The number of ketones is 1. The molecular formula is C27H22FNO7. The Morgan fingerprint density at radius 1 is 0.944 bits per heavy atom. The van der Waals surface area contributed by atoms with Crippen molar-refractivity contribution in [2.45, 2.75) is 6.04 Å². The first kappa shape index (κ1) is 23.2. The molecule has 1 atom stereocenters. The summed E-state index contributed by atoms with van der Waals surface area (Å²) in [6.45, 7) is 0.745. The zero-order valence-corrected chi connectivity index (χ0v) is 19.5. The number of amides is 1. The topological polar surface area (TPSA) is 94.5 Å². The van der Waals surface area contributed by atoms with Crippen molar-refractivity contribution < 1.29 is 38.0 Å². The number of hydrogen-bond donors (Lipinski definition) is 1. The van der Waals surface area contributed by atoms with Gasteiger partial charge in [0.1, 0.15) is 36.3 Å². The van der Waals surface area contributed by atoms with Gasteiger partial charge in [-0.2, -0.15) is 0 Å². The van der Waals surface area contributed by atoms with Crippen LogP contribution in [0.5, 0.6) is 23.0 Å². The van der Waals surface area contributed by atoms with Crippen molar-refractivity contribution in [1.82, 2.24) is 0 Å². The highest BCUT2D eigenvalue weighted by Gasteiger charge is 2.47. The van der Waals surface area contributed by atoms with Crippen molar-refractivity contribution in [2.75, 3.05) is 32.3 Å². The molecule has 2 aliphatic heterocycles. The Hall–Kier alpha value is -4.53. The Balaban J connectivity index is 1.72. The van der Waals surface area contributed by atoms with Crippen LogP contribution in [0.3, 0.4) is 0 Å². The molecule has 1 unspecified atom stereocenters. The van der Waals surface area contributed by atoms with Crippen molar-refractivity contribution in [1.29, 1.82) is 0 Å². The van der Waals surface area contributed by atoms with Gasteiger partial charge in [0.15, 0.2) is 11.5 Å². The molecule has 1 N–H and O–H groups in total. The molecule has 0 spiro atoms. The van der Waals surface area contributed by atoms with E-state index in [4.69, 9.17) is 18.9 Å². The van der Waals surface area contributed by atoms with E-state index >= 15 is 0 Å². The summed E-state index contributed by atoms with van der Waals surface area (Å²) in [7, 11) is 2.88. The van der Waals surface area contributed by atoms with E-state index in [0.29, 0.717) is 41.7 Å². The molecule has 36 heavy (non-hydrogen) atoms. The predicted molar refractivity (Wildman–Crippen MR) is 128 cm³/mol. The molecule has 0 aromatic heterocycles. The van der Waals surface area contributed by atoms with Crippen molar-refractivity contribution in [3.8, 4) is 23.0 Å². The molecular weight excluding hydrogens is 469 g/mol. The Bertz CT molecular complexity index is 1380. The van der Waals surface area contributed by atoms with Crippen molar-refractivity contribution in [3.63, 3.8) is 0 Å². The molecule has 0 radical (unpaired) electrons. The molecule has 1 fully saturated rings. The fourth-order valence-corrected chi connectivity index (χ4v) is 4.39. The maximum Gasteiger partial charge on any atom is 0.300 e. The summed E-state index contributed by atoms with van der Waals surface area (Å²) in [5.41, 5.74) is 0.648. The van der Waals surface area contributed by atoms with Crippen LogP contribution in [0, 0.1) is 5.82 Å². The smallest absolute Gasteiger partial charge is 0.300 e. The van der Waals surface area contributed by atoms with Gasteiger partial charge in [0.25, 0.3) is 11.7 Å². The van der Waals surface area contributed by atoms with Gasteiger partial charge in [-0.25, -0.2) is 4.39 Å². The molecule has 2 aliphatic rings. The van der Waals surface area contributed by atoms with E-state index in [1.807, 2.05) is 0 Å². The Kier molecular flexibility index (Phi) is 5.97. The van der Waals surface area contributed by atoms with Crippen molar-refractivity contribution >= 4 is 23.1 Å². The standard InChI is InChI=1S/C27H22FNO7/c1-33-18-7-3-15(4-8-18)24-23(25(30)19-13-16(28)5-9-20(19)34-2)26(31)27(32)29(24)17-6-10-21-22(14-17)36-12-11-35-21/h3-10,13-14,24,30H,11-12H2,1-2H3/b25-23+. The monoisotopic (exact) mass is 491 g/mol. The van der Waals surface area contributed by atoms with E-state index < -0.39 is 29.3 Å². The average molecular weight is 491 g/mol. The zero-order chi connectivity index (χ0) is 25.4. The molecule has 9 heteroatoms. The molecule has 5 rings (SSSR count). The van der Waals surface area contributed by atoms with Crippen molar-refractivity contribution in [3.05, 3.63) is 83.2 Å². The van der Waals surface area contributed by atoms with Gasteiger partial charge in [0, 0.05) is 11.8 Å². The van der Waals surface area contributed by atoms with Gasteiger partial charge >= 0.3 is 0 Å². The minimum atomic E-state index is -1.02. The Morgan fingerprint density at radius 2 is 1.67 bits per heavy atom. The normalized spacial score (nSPS) is 18.3. The summed E-state index contributed by atoms with van der Waals surface area (Å²) in [4.78, 5) is 28.0. The van der Waals surface area contributed by atoms with Crippen LogP contribution in [-0.2, 0) is 9.59 Å². The largest absolute Gasteiger partial charge is 0.507 e. The number of carbonyl (C=O) groups is 2. The third-order valence-corrected chi connectivity index (χ3v) is 6.10. The number of aliphatic hydroxyl groups is 1. The van der Waals surface area contributed by atoms with Crippen LogP contribution in [-0.4, -0.2) is 44.2 Å². The number of aliphatic hydroxyl groups excluding tert-OH is 1. The third-order valence-electron chi connectivity index (χ3n) is 6.10. The fourth-order valence-electron chi connectivity index (χ4n) is 4.39. The zero-order valence-electron chi connectivity index (χ0n) is 19.5. The molecule has 184 valence electrons. The molecule has 0 saturated carbocycles. The summed E-state index contributed by atoms with van der Waals surface area (Å²) < 4.78 is 35.9. The first-order valence-corrected chi connectivity index (χ1v) is 11.1. The van der Waals surface area contributed by atoms with E-state index in [1.165, 1.54) is 31.3 Å². The predicted octanol–water partition coefficient (Wildman–Crippen LogP) is 4.24. The van der Waals surface area contributed by atoms with Gasteiger partial charge in [-0.1, -0.05) is 12.1 Å². The number of ether oxygens (including phenoxy) is 4. The second-order valence-corrected chi connectivity index (χ2v) is 8.11. The average Bonchev–Trinajstić information content (AvgIpc) is 3.18. The summed E-state index contributed by atoms with van der Waals surface area (Å²) >= 11 is 0. The van der Waals surface area contributed by atoms with Crippen LogP contribution in [0.4, 0.5) is 10.1 Å². The lowest BCUT2D eigenvalue weighted by Gasteiger charge is -2.27. The summed E-state index contributed by atoms with van der Waals surface area (Å²) in [6.07, 6.45) is 0. The quantitative estimate of drug-likeness (QED) is 0.324. The van der Waals surface area contributed by atoms with Crippen LogP contribution in [0.1, 0.15) is 17.2 Å². The molecule has 1 saturated heterocycles. The van der Waals surface area contributed by atoms with Gasteiger partial charge < -0.3 is 24.1 Å². The number of methoxy groups -OCH3 is 2. The number of rotatable bonds is 5. The number of halogens is 1. The first-order chi connectivity index (χ1) is 17.4. The van der Waals surface area contributed by atoms with Gasteiger partial charge in [-0.05, 0) is 48.0 Å². The van der Waals surface area contributed by atoms with E-state index in [-0.39, 0.29) is 16.9 Å². The van der Waals surface area contributed by atoms with Gasteiger partial charge in [-0.15, -0.1) is 0 Å². The molecule has 2 heterocycles. The highest BCUT2D eigenvalue weighted by Crippen LogP contribution is 2.45. The minimum Gasteiger partial charge on any atom is -0.507 e. The maximum absolute atomic E-state index is 14.1. The van der Waals surface area contributed by atoms with Gasteiger partial charge in [0.2, 0.25) is 0 Å². The van der Waals surface area contributed by atoms with Crippen LogP contribution in [0.2, 0.25) is 0 Å². The number of Topliss-reactive ketones (excluding diaryl/α,β-unsaturated/α-hetero) is 1. The number of carbonyl (C=O) groups excluding carboxylic acids is 2. The molecule has 0 aliphatic carbocycles. The number of benzene rings is 3. The van der Waals surface area contributed by atoms with E-state index in [9.17, 15) is 19.1 Å². The van der Waals surface area contributed by atoms with Gasteiger partial charge in [0.05, 0.1) is 31.4 Å². The second-order valence-electron chi connectivity index (χ2n) is 8.11. The summed E-state index contributed by atoms with van der Waals surface area (Å²) in [5, 5.41) is 11.3. The molecule has 3 aromatic carbocycles. The molecule has 0 bridgehead atoms. The Morgan fingerprint density at radius 3 is 2.36 bits per heavy atom. The third kappa shape index (κ3) is 3.88. The number of fused-ring (bicyclic) bond motifs is 1. The number of nitrogens with zero attached hydrogens (tertiary/aromatic N) is 1. The summed E-state index contributed by atoms with van der Waals surface area (Å²) in [6, 6.07) is 14.2. The second kappa shape index (κ2) is 9.26. The van der Waals surface area contributed by atoms with Crippen LogP contribution in [0.15, 0.2) is 66.2 Å². The molecule has 8 nitrogen and oxygen atoms in total. The first-order valence-electron chi connectivity index (χ1n) is 11.1.